The quantitative estimate of drug-likeness (QED) is 0.672. The second kappa shape index (κ2) is 8.31. The highest BCUT2D eigenvalue weighted by Gasteiger charge is 2.16. The summed E-state index contributed by atoms with van der Waals surface area (Å²) in [4.78, 5) is 24.8. The van der Waals surface area contributed by atoms with E-state index in [-0.39, 0.29) is 12.5 Å². The van der Waals surface area contributed by atoms with Crippen LogP contribution in [0.5, 0.6) is 5.75 Å². The fourth-order valence-corrected chi connectivity index (χ4v) is 3.54. The molecular weight excluding hydrogens is 348 g/mol. The van der Waals surface area contributed by atoms with Crippen LogP contribution in [0.1, 0.15) is 20.8 Å². The number of thiophene rings is 1. The first kappa shape index (κ1) is 17.7. The SMILES string of the molecule is NC(=O)c1cc(Cc2ccccc2)sc1NC(=O)COc1ccccc1. The molecule has 0 saturated carbocycles. The van der Waals surface area contributed by atoms with Gasteiger partial charge in [0.05, 0.1) is 5.56 Å². The molecule has 2 aromatic carbocycles. The van der Waals surface area contributed by atoms with Gasteiger partial charge < -0.3 is 15.8 Å². The fraction of sp³-hybridized carbons (Fsp3) is 0.100. The van der Waals surface area contributed by atoms with Gasteiger partial charge in [0.15, 0.2) is 6.61 Å². The number of primary amides is 1. The number of nitrogens with one attached hydrogen (secondary N) is 1. The van der Waals surface area contributed by atoms with Gasteiger partial charge >= 0.3 is 0 Å². The minimum atomic E-state index is -0.570. The Bertz CT molecular complexity index is 892. The molecule has 3 rings (SSSR count). The Hall–Kier alpha value is -3.12. The third-order valence-corrected chi connectivity index (χ3v) is 4.69. The number of benzene rings is 2. The molecule has 0 saturated heterocycles. The molecule has 3 aromatic rings. The van der Waals surface area contributed by atoms with E-state index in [1.54, 1.807) is 18.2 Å². The predicted molar refractivity (Wildman–Crippen MR) is 103 cm³/mol. The summed E-state index contributed by atoms with van der Waals surface area (Å²) in [7, 11) is 0. The van der Waals surface area contributed by atoms with Crippen LogP contribution in [-0.4, -0.2) is 18.4 Å². The number of para-hydroxylation sites is 1. The molecule has 0 aliphatic heterocycles. The molecule has 0 bridgehead atoms. The highest BCUT2D eigenvalue weighted by Crippen LogP contribution is 2.29. The summed E-state index contributed by atoms with van der Waals surface area (Å²) < 4.78 is 5.42. The van der Waals surface area contributed by atoms with E-state index >= 15 is 0 Å². The Morgan fingerprint density at radius 3 is 2.31 bits per heavy atom. The van der Waals surface area contributed by atoms with E-state index in [1.807, 2.05) is 48.5 Å². The first-order valence-electron chi connectivity index (χ1n) is 8.06. The van der Waals surface area contributed by atoms with Crippen LogP contribution < -0.4 is 15.8 Å². The van der Waals surface area contributed by atoms with E-state index in [9.17, 15) is 9.59 Å². The zero-order chi connectivity index (χ0) is 18.4. The van der Waals surface area contributed by atoms with Gasteiger partial charge in [0.1, 0.15) is 10.8 Å². The highest BCUT2D eigenvalue weighted by atomic mass is 32.1. The van der Waals surface area contributed by atoms with Crippen molar-refractivity contribution in [1.82, 2.24) is 0 Å². The van der Waals surface area contributed by atoms with Crippen molar-refractivity contribution in [2.45, 2.75) is 6.42 Å². The van der Waals surface area contributed by atoms with Crippen LogP contribution in [0.25, 0.3) is 0 Å². The van der Waals surface area contributed by atoms with E-state index in [0.29, 0.717) is 22.7 Å². The van der Waals surface area contributed by atoms with Crippen LogP contribution in [0.3, 0.4) is 0 Å². The van der Waals surface area contributed by atoms with E-state index < -0.39 is 5.91 Å². The van der Waals surface area contributed by atoms with Crippen molar-refractivity contribution in [3.63, 3.8) is 0 Å². The van der Waals surface area contributed by atoms with Crippen LogP contribution in [0.4, 0.5) is 5.00 Å². The number of rotatable bonds is 7. The Balaban J connectivity index is 1.68. The standard InChI is InChI=1S/C20H18N2O3S/c21-19(24)17-12-16(11-14-7-3-1-4-8-14)26-20(17)22-18(23)13-25-15-9-5-2-6-10-15/h1-10,12H,11,13H2,(H2,21,24)(H,22,23). The lowest BCUT2D eigenvalue weighted by atomic mass is 10.1. The second-order valence-corrected chi connectivity index (χ2v) is 6.77. The van der Waals surface area contributed by atoms with Gasteiger partial charge in [0.2, 0.25) is 0 Å². The molecule has 0 radical (unpaired) electrons. The monoisotopic (exact) mass is 366 g/mol. The summed E-state index contributed by atoms with van der Waals surface area (Å²) in [6.45, 7) is -0.145. The number of carbonyl (C=O) groups is 2. The van der Waals surface area contributed by atoms with E-state index in [0.717, 1.165) is 10.4 Å². The summed E-state index contributed by atoms with van der Waals surface area (Å²) in [6, 6.07) is 20.7. The Labute approximate surface area is 155 Å². The van der Waals surface area contributed by atoms with Gasteiger partial charge in [-0.25, -0.2) is 0 Å². The smallest absolute Gasteiger partial charge is 0.262 e. The van der Waals surface area contributed by atoms with Crippen LogP contribution in [0.15, 0.2) is 66.7 Å². The summed E-state index contributed by atoms with van der Waals surface area (Å²) in [5.74, 6) is -0.307. The first-order chi connectivity index (χ1) is 12.6. The number of hydrogen-bond acceptors (Lipinski definition) is 4. The van der Waals surface area contributed by atoms with Crippen molar-refractivity contribution >= 4 is 28.2 Å². The molecule has 0 fully saturated rings. The van der Waals surface area contributed by atoms with Crippen LogP contribution in [0, 0.1) is 0 Å². The predicted octanol–water partition coefficient (Wildman–Crippen LogP) is 3.46. The molecule has 0 atom stereocenters. The summed E-state index contributed by atoms with van der Waals surface area (Å²) in [5.41, 5.74) is 6.88. The average molecular weight is 366 g/mol. The van der Waals surface area contributed by atoms with Gasteiger partial charge in [-0.05, 0) is 23.8 Å². The van der Waals surface area contributed by atoms with Crippen LogP contribution >= 0.6 is 11.3 Å². The minimum absolute atomic E-state index is 0.145. The molecule has 6 heteroatoms. The molecule has 0 aliphatic rings. The number of ether oxygens (including phenoxy) is 1. The van der Waals surface area contributed by atoms with Crippen molar-refractivity contribution in [3.8, 4) is 5.75 Å². The lowest BCUT2D eigenvalue weighted by Gasteiger charge is -2.07. The zero-order valence-electron chi connectivity index (χ0n) is 14.0. The Morgan fingerprint density at radius 1 is 1.00 bits per heavy atom. The molecule has 26 heavy (non-hydrogen) atoms. The Kier molecular flexibility index (Phi) is 5.66. The number of amides is 2. The van der Waals surface area contributed by atoms with Gasteiger partial charge in [0.25, 0.3) is 11.8 Å². The molecule has 0 spiro atoms. The summed E-state index contributed by atoms with van der Waals surface area (Å²) in [6.07, 6.45) is 0.669. The molecular formula is C20H18N2O3S. The lowest BCUT2D eigenvalue weighted by molar-refractivity contribution is -0.118. The largest absolute Gasteiger partial charge is 0.484 e. The zero-order valence-corrected chi connectivity index (χ0v) is 14.8. The van der Waals surface area contributed by atoms with Gasteiger partial charge in [-0.15, -0.1) is 11.3 Å². The van der Waals surface area contributed by atoms with Crippen LogP contribution in [0.2, 0.25) is 0 Å². The second-order valence-electron chi connectivity index (χ2n) is 5.63. The molecule has 2 amide bonds. The molecule has 3 N–H and O–H groups in total. The lowest BCUT2D eigenvalue weighted by Crippen LogP contribution is -2.21. The number of hydrogen-bond donors (Lipinski definition) is 2. The maximum atomic E-state index is 12.1. The van der Waals surface area contributed by atoms with Crippen LogP contribution in [-0.2, 0) is 11.2 Å². The van der Waals surface area contributed by atoms with E-state index in [1.165, 1.54) is 11.3 Å². The fourth-order valence-electron chi connectivity index (χ4n) is 2.43. The number of anilines is 1. The molecule has 5 nitrogen and oxygen atoms in total. The van der Waals surface area contributed by atoms with Crippen molar-refractivity contribution in [3.05, 3.63) is 82.7 Å². The normalized spacial score (nSPS) is 10.3. The topological polar surface area (TPSA) is 81.4 Å². The molecule has 0 unspecified atom stereocenters. The van der Waals surface area contributed by atoms with Gasteiger partial charge in [-0.2, -0.15) is 0 Å². The summed E-state index contributed by atoms with van der Waals surface area (Å²) in [5, 5.41) is 3.17. The first-order valence-corrected chi connectivity index (χ1v) is 8.87. The molecule has 0 aliphatic carbocycles. The van der Waals surface area contributed by atoms with E-state index in [4.69, 9.17) is 10.5 Å². The Morgan fingerprint density at radius 2 is 1.65 bits per heavy atom. The van der Waals surface area contributed by atoms with Crippen molar-refractivity contribution < 1.29 is 14.3 Å². The number of carbonyl (C=O) groups excluding carboxylic acids is 2. The average Bonchev–Trinajstić information content (AvgIpc) is 3.04. The third kappa shape index (κ3) is 4.70. The molecule has 1 aromatic heterocycles. The van der Waals surface area contributed by atoms with Gasteiger partial charge in [-0.1, -0.05) is 48.5 Å². The van der Waals surface area contributed by atoms with Crippen molar-refractivity contribution in [2.24, 2.45) is 5.73 Å². The summed E-state index contributed by atoms with van der Waals surface area (Å²) >= 11 is 1.34. The minimum Gasteiger partial charge on any atom is -0.484 e. The molecule has 132 valence electrons. The van der Waals surface area contributed by atoms with Crippen molar-refractivity contribution in [1.29, 1.82) is 0 Å². The van der Waals surface area contributed by atoms with E-state index in [2.05, 4.69) is 5.32 Å². The molecule has 1 heterocycles. The third-order valence-electron chi connectivity index (χ3n) is 3.64. The number of nitrogens with two attached hydrogens (primary N) is 1. The van der Waals surface area contributed by atoms with Crippen molar-refractivity contribution in [2.75, 3.05) is 11.9 Å². The maximum absolute atomic E-state index is 12.1. The van der Waals surface area contributed by atoms with Gasteiger partial charge in [-0.3, -0.25) is 9.59 Å². The highest BCUT2D eigenvalue weighted by molar-refractivity contribution is 7.16. The maximum Gasteiger partial charge on any atom is 0.262 e. The van der Waals surface area contributed by atoms with Gasteiger partial charge in [0, 0.05) is 11.3 Å².